The van der Waals surface area contributed by atoms with Crippen LogP contribution in [0.3, 0.4) is 0 Å². The smallest absolute Gasteiger partial charge is 0.253 e. The van der Waals surface area contributed by atoms with Crippen molar-refractivity contribution in [3.63, 3.8) is 0 Å². The minimum Gasteiger partial charge on any atom is -0.349 e. The van der Waals surface area contributed by atoms with Gasteiger partial charge >= 0.3 is 0 Å². The second-order valence-corrected chi connectivity index (χ2v) is 3.84. The van der Waals surface area contributed by atoms with Crippen molar-refractivity contribution in [3.8, 4) is 0 Å². The average Bonchev–Trinajstić information content (AvgIpc) is 2.75. The summed E-state index contributed by atoms with van der Waals surface area (Å²) in [7, 11) is 0. The van der Waals surface area contributed by atoms with E-state index in [1.54, 1.807) is 6.08 Å². The van der Waals surface area contributed by atoms with Gasteiger partial charge in [0.1, 0.15) is 0 Å². The van der Waals surface area contributed by atoms with Gasteiger partial charge in [-0.2, -0.15) is 0 Å². The molecule has 2 rings (SSSR count). The Labute approximate surface area is 101 Å². The van der Waals surface area contributed by atoms with E-state index in [-0.39, 0.29) is 5.91 Å². The first kappa shape index (κ1) is 11.5. The van der Waals surface area contributed by atoms with Crippen LogP contribution < -0.4 is 5.32 Å². The van der Waals surface area contributed by atoms with Gasteiger partial charge in [-0.25, -0.2) is 0 Å². The van der Waals surface area contributed by atoms with E-state index in [4.69, 9.17) is 0 Å². The lowest BCUT2D eigenvalue weighted by molar-refractivity contribution is 0.0959. The van der Waals surface area contributed by atoms with Gasteiger partial charge in [-0.15, -0.1) is 6.58 Å². The molecule has 88 valence electrons. The Kier molecular flexibility index (Phi) is 3.28. The molecule has 1 aromatic carbocycles. The molecule has 0 saturated heterocycles. The summed E-state index contributed by atoms with van der Waals surface area (Å²) in [6.07, 6.45) is 3.58. The zero-order valence-electron chi connectivity index (χ0n) is 9.94. The number of carbonyl (C=O) groups excluding carboxylic acids is 1. The minimum absolute atomic E-state index is 0.0479. The highest BCUT2D eigenvalue weighted by atomic mass is 16.1. The second-order valence-electron chi connectivity index (χ2n) is 3.84. The number of nitrogens with one attached hydrogen (secondary N) is 1. The van der Waals surface area contributed by atoms with E-state index < -0.39 is 0 Å². The largest absolute Gasteiger partial charge is 0.349 e. The Hall–Kier alpha value is -2.03. The van der Waals surface area contributed by atoms with Crippen LogP contribution in [0.15, 0.2) is 43.1 Å². The summed E-state index contributed by atoms with van der Waals surface area (Å²) >= 11 is 0. The van der Waals surface area contributed by atoms with Crippen LogP contribution in [0.5, 0.6) is 0 Å². The molecule has 0 radical (unpaired) electrons. The van der Waals surface area contributed by atoms with Gasteiger partial charge in [-0.3, -0.25) is 4.79 Å². The van der Waals surface area contributed by atoms with Crippen LogP contribution in [0, 0.1) is 0 Å². The van der Waals surface area contributed by atoms with Gasteiger partial charge in [0, 0.05) is 30.2 Å². The molecular weight excluding hydrogens is 212 g/mol. The molecule has 1 heterocycles. The number of amides is 1. The number of nitrogens with zero attached hydrogens (tertiary/aromatic N) is 1. The van der Waals surface area contributed by atoms with Crippen molar-refractivity contribution in [3.05, 3.63) is 48.7 Å². The van der Waals surface area contributed by atoms with Gasteiger partial charge in [-0.05, 0) is 13.0 Å². The highest BCUT2D eigenvalue weighted by Gasteiger charge is 2.12. The van der Waals surface area contributed by atoms with Gasteiger partial charge in [0.15, 0.2) is 0 Å². The molecule has 3 nitrogen and oxygen atoms in total. The molecule has 0 spiro atoms. The Morgan fingerprint density at radius 2 is 2.24 bits per heavy atom. The van der Waals surface area contributed by atoms with E-state index >= 15 is 0 Å². The molecule has 0 fully saturated rings. The predicted molar refractivity (Wildman–Crippen MR) is 70.1 cm³/mol. The van der Waals surface area contributed by atoms with Gasteiger partial charge in [-0.1, -0.05) is 24.3 Å². The van der Waals surface area contributed by atoms with E-state index in [0.29, 0.717) is 6.54 Å². The van der Waals surface area contributed by atoms with Crippen molar-refractivity contribution in [2.45, 2.75) is 13.5 Å². The van der Waals surface area contributed by atoms with E-state index in [1.165, 1.54) is 0 Å². The fourth-order valence-corrected chi connectivity index (χ4v) is 1.95. The SMILES string of the molecule is C=CCNC(=O)c1cn(CC)c2ccccc12. The topological polar surface area (TPSA) is 34.0 Å². The van der Waals surface area contributed by atoms with E-state index in [0.717, 1.165) is 23.0 Å². The van der Waals surface area contributed by atoms with Crippen LogP contribution in [0.1, 0.15) is 17.3 Å². The molecule has 2 aromatic rings. The number of carbonyl (C=O) groups is 1. The first-order chi connectivity index (χ1) is 8.27. The lowest BCUT2D eigenvalue weighted by Gasteiger charge is -1.99. The highest BCUT2D eigenvalue weighted by Crippen LogP contribution is 2.21. The molecule has 1 N–H and O–H groups in total. The third-order valence-corrected chi connectivity index (χ3v) is 2.78. The third kappa shape index (κ3) is 2.09. The van der Waals surface area contributed by atoms with Crippen molar-refractivity contribution in [2.24, 2.45) is 0 Å². The number of hydrogen-bond acceptors (Lipinski definition) is 1. The Morgan fingerprint density at radius 1 is 1.47 bits per heavy atom. The molecule has 3 heteroatoms. The maximum absolute atomic E-state index is 12.0. The van der Waals surface area contributed by atoms with Gasteiger partial charge in [0.2, 0.25) is 0 Å². The molecule has 0 bridgehead atoms. The first-order valence-corrected chi connectivity index (χ1v) is 5.75. The Balaban J connectivity index is 2.46. The number of para-hydroxylation sites is 1. The Bertz CT molecular complexity index is 554. The summed E-state index contributed by atoms with van der Waals surface area (Å²) in [5.74, 6) is -0.0479. The monoisotopic (exact) mass is 228 g/mol. The number of aromatic nitrogens is 1. The number of rotatable bonds is 4. The fourth-order valence-electron chi connectivity index (χ4n) is 1.95. The number of aryl methyl sites for hydroxylation is 1. The third-order valence-electron chi connectivity index (χ3n) is 2.78. The fraction of sp³-hybridized carbons (Fsp3) is 0.214. The van der Waals surface area contributed by atoms with Gasteiger partial charge < -0.3 is 9.88 Å². The maximum Gasteiger partial charge on any atom is 0.253 e. The molecule has 17 heavy (non-hydrogen) atoms. The lowest BCUT2D eigenvalue weighted by Crippen LogP contribution is -2.22. The van der Waals surface area contributed by atoms with Gasteiger partial charge in [0.25, 0.3) is 5.91 Å². The van der Waals surface area contributed by atoms with Crippen molar-refractivity contribution in [2.75, 3.05) is 6.54 Å². The summed E-state index contributed by atoms with van der Waals surface area (Å²) in [5, 5.41) is 3.80. The summed E-state index contributed by atoms with van der Waals surface area (Å²) in [5.41, 5.74) is 1.82. The molecule has 1 aromatic heterocycles. The summed E-state index contributed by atoms with van der Waals surface area (Å²) < 4.78 is 2.08. The second kappa shape index (κ2) is 4.87. The summed E-state index contributed by atoms with van der Waals surface area (Å²) in [6, 6.07) is 7.94. The van der Waals surface area contributed by atoms with Crippen LogP contribution in [-0.4, -0.2) is 17.0 Å². The molecule has 0 aliphatic carbocycles. The van der Waals surface area contributed by atoms with E-state index in [9.17, 15) is 4.79 Å². The zero-order valence-corrected chi connectivity index (χ0v) is 9.94. The first-order valence-electron chi connectivity index (χ1n) is 5.75. The van der Waals surface area contributed by atoms with E-state index in [2.05, 4.69) is 23.4 Å². The van der Waals surface area contributed by atoms with Crippen molar-refractivity contribution >= 4 is 16.8 Å². The van der Waals surface area contributed by atoms with Crippen LogP contribution in [0.4, 0.5) is 0 Å². The number of hydrogen-bond donors (Lipinski definition) is 1. The van der Waals surface area contributed by atoms with Crippen molar-refractivity contribution < 1.29 is 4.79 Å². The zero-order chi connectivity index (χ0) is 12.3. The van der Waals surface area contributed by atoms with Crippen LogP contribution >= 0.6 is 0 Å². The van der Waals surface area contributed by atoms with Crippen LogP contribution in [-0.2, 0) is 6.54 Å². The predicted octanol–water partition coefficient (Wildman–Crippen LogP) is 2.58. The summed E-state index contributed by atoms with van der Waals surface area (Å²) in [6.45, 7) is 7.00. The lowest BCUT2D eigenvalue weighted by atomic mass is 10.1. The Morgan fingerprint density at radius 3 is 2.94 bits per heavy atom. The minimum atomic E-state index is -0.0479. The highest BCUT2D eigenvalue weighted by molar-refractivity contribution is 6.07. The number of fused-ring (bicyclic) bond motifs is 1. The molecule has 1 amide bonds. The molecular formula is C14H16N2O. The van der Waals surface area contributed by atoms with Gasteiger partial charge in [0.05, 0.1) is 5.56 Å². The van der Waals surface area contributed by atoms with E-state index in [1.807, 2.05) is 30.5 Å². The van der Waals surface area contributed by atoms with Crippen molar-refractivity contribution in [1.82, 2.24) is 9.88 Å². The van der Waals surface area contributed by atoms with Crippen LogP contribution in [0.2, 0.25) is 0 Å². The number of benzene rings is 1. The molecule has 0 aliphatic heterocycles. The quantitative estimate of drug-likeness (QED) is 0.802. The summed E-state index contributed by atoms with van der Waals surface area (Å²) in [4.78, 5) is 12.0. The normalized spacial score (nSPS) is 10.4. The maximum atomic E-state index is 12.0. The van der Waals surface area contributed by atoms with Crippen molar-refractivity contribution in [1.29, 1.82) is 0 Å². The molecule has 0 saturated carbocycles. The molecule has 0 aliphatic rings. The van der Waals surface area contributed by atoms with Crippen LogP contribution in [0.25, 0.3) is 10.9 Å². The standard InChI is InChI=1S/C14H16N2O/c1-3-9-15-14(17)12-10-16(4-2)13-8-6-5-7-11(12)13/h3,5-8,10H,1,4,9H2,2H3,(H,15,17). The average molecular weight is 228 g/mol. The molecule has 0 unspecified atom stereocenters. The molecule has 0 atom stereocenters.